The van der Waals surface area contributed by atoms with E-state index in [2.05, 4.69) is 27.9 Å². The first-order valence-corrected chi connectivity index (χ1v) is 11.2. The molecule has 9 heteroatoms. The van der Waals surface area contributed by atoms with E-state index in [0.717, 1.165) is 5.56 Å². The number of benzene rings is 3. The van der Waals surface area contributed by atoms with E-state index in [4.69, 9.17) is 10.5 Å². The summed E-state index contributed by atoms with van der Waals surface area (Å²) in [5, 5.41) is 2.41. The van der Waals surface area contributed by atoms with Gasteiger partial charge in [0, 0.05) is 24.2 Å². The van der Waals surface area contributed by atoms with Crippen molar-refractivity contribution < 1.29 is 13.9 Å². The van der Waals surface area contributed by atoms with Crippen molar-refractivity contribution in [2.45, 2.75) is 5.25 Å². The Hall–Kier alpha value is -3.56. The summed E-state index contributed by atoms with van der Waals surface area (Å²) in [6, 6.07) is 17.1. The van der Waals surface area contributed by atoms with Crippen LogP contribution in [-0.2, 0) is 0 Å². The molecule has 0 saturated heterocycles. The van der Waals surface area contributed by atoms with Gasteiger partial charge in [-0.3, -0.25) is 4.79 Å². The summed E-state index contributed by atoms with van der Waals surface area (Å²) in [5.74, 6) is 0.0164. The predicted octanol–water partition coefficient (Wildman–Crippen LogP) is 4.50. The van der Waals surface area contributed by atoms with Crippen molar-refractivity contribution in [3.63, 3.8) is 0 Å². The third kappa shape index (κ3) is 5.32. The fourth-order valence-electron chi connectivity index (χ4n) is 3.39. The maximum Gasteiger partial charge on any atom is 0.255 e. The monoisotopic (exact) mass is 479 g/mol. The van der Waals surface area contributed by atoms with Crippen molar-refractivity contribution in [2.24, 2.45) is 0 Å². The Morgan fingerprint density at radius 2 is 1.94 bits per heavy atom. The highest BCUT2D eigenvalue weighted by Crippen LogP contribution is 2.30. The van der Waals surface area contributed by atoms with Gasteiger partial charge in [0.15, 0.2) is 11.6 Å². The van der Waals surface area contributed by atoms with Crippen LogP contribution in [0, 0.1) is 5.82 Å². The lowest BCUT2D eigenvalue weighted by molar-refractivity contribution is 0.102. The number of amides is 1. The van der Waals surface area contributed by atoms with Crippen LogP contribution in [0.2, 0.25) is 0 Å². The minimum atomic E-state index is -0.463. The summed E-state index contributed by atoms with van der Waals surface area (Å²) in [5.41, 5.74) is 9.41. The fourth-order valence-corrected chi connectivity index (χ4v) is 3.68. The van der Waals surface area contributed by atoms with E-state index in [1.165, 1.54) is 6.07 Å². The standard InChI is InChI=1S/C25H26FN5O2S/c1-31(2)11-12-33-22-14-21-20(13-17(22)26)28-24(29-21)23(34)15-7-9-16(10-8-15)25(32)30-19-6-4-3-5-18(19)27/h3-10,13-14,23,34H,11-12,27H2,1-2H3,(H,28,29)(H,30,32). The Balaban J connectivity index is 1.48. The summed E-state index contributed by atoms with van der Waals surface area (Å²) in [4.78, 5) is 22.2. The molecule has 0 aliphatic heterocycles. The zero-order valence-electron chi connectivity index (χ0n) is 18.9. The Labute approximate surface area is 202 Å². The molecule has 1 heterocycles. The van der Waals surface area contributed by atoms with Gasteiger partial charge in [0.25, 0.3) is 5.91 Å². The van der Waals surface area contributed by atoms with E-state index in [1.807, 2.05) is 31.1 Å². The number of ether oxygens (including phenoxy) is 1. The summed E-state index contributed by atoms with van der Waals surface area (Å²) in [6.07, 6.45) is 0. The smallest absolute Gasteiger partial charge is 0.255 e. The predicted molar refractivity (Wildman–Crippen MR) is 136 cm³/mol. The molecule has 0 radical (unpaired) electrons. The molecule has 0 bridgehead atoms. The van der Waals surface area contributed by atoms with Crippen LogP contribution in [0.15, 0.2) is 60.7 Å². The normalized spacial score (nSPS) is 12.1. The van der Waals surface area contributed by atoms with Crippen molar-refractivity contribution in [1.82, 2.24) is 14.9 Å². The highest BCUT2D eigenvalue weighted by molar-refractivity contribution is 7.80. The first-order valence-electron chi connectivity index (χ1n) is 10.7. The molecular weight excluding hydrogens is 453 g/mol. The number of nitrogen functional groups attached to an aromatic ring is 1. The number of nitrogens with zero attached hydrogens (tertiary/aromatic N) is 2. The van der Waals surface area contributed by atoms with Crippen LogP contribution in [0.4, 0.5) is 15.8 Å². The summed E-state index contributed by atoms with van der Waals surface area (Å²) in [7, 11) is 3.85. The van der Waals surface area contributed by atoms with Crippen LogP contribution >= 0.6 is 12.6 Å². The summed E-state index contributed by atoms with van der Waals surface area (Å²) < 4.78 is 20.0. The number of aromatic nitrogens is 2. The Bertz CT molecular complexity index is 1310. The molecule has 0 aliphatic rings. The molecule has 1 unspecified atom stereocenters. The lowest BCUT2D eigenvalue weighted by Gasteiger charge is -2.11. The molecule has 1 amide bonds. The van der Waals surface area contributed by atoms with Crippen molar-refractivity contribution in [2.75, 3.05) is 38.3 Å². The van der Waals surface area contributed by atoms with E-state index in [0.29, 0.717) is 46.9 Å². The van der Waals surface area contributed by atoms with E-state index in [1.54, 1.807) is 42.5 Å². The van der Waals surface area contributed by atoms with Gasteiger partial charge in [-0.2, -0.15) is 12.6 Å². The summed E-state index contributed by atoms with van der Waals surface area (Å²) in [6.45, 7) is 1.06. The molecule has 1 atom stereocenters. The minimum Gasteiger partial charge on any atom is -0.489 e. The van der Waals surface area contributed by atoms with Gasteiger partial charge in [-0.25, -0.2) is 9.37 Å². The topological polar surface area (TPSA) is 96.3 Å². The number of likely N-dealkylation sites (N-methyl/N-ethyl adjacent to an activating group) is 1. The zero-order valence-corrected chi connectivity index (χ0v) is 19.8. The molecule has 0 fully saturated rings. The number of hydrogen-bond acceptors (Lipinski definition) is 6. The lowest BCUT2D eigenvalue weighted by Crippen LogP contribution is -2.19. The highest BCUT2D eigenvalue weighted by atomic mass is 32.1. The molecule has 0 aliphatic carbocycles. The number of aromatic amines is 1. The van der Waals surface area contributed by atoms with Gasteiger partial charge >= 0.3 is 0 Å². The number of halogens is 1. The highest BCUT2D eigenvalue weighted by Gasteiger charge is 2.17. The van der Waals surface area contributed by atoms with E-state index < -0.39 is 11.1 Å². The van der Waals surface area contributed by atoms with Crippen LogP contribution < -0.4 is 15.8 Å². The number of carbonyl (C=O) groups is 1. The molecule has 3 aromatic carbocycles. The Morgan fingerprint density at radius 1 is 1.21 bits per heavy atom. The molecular formula is C25H26FN5O2S. The maximum atomic E-state index is 14.4. The third-order valence-corrected chi connectivity index (χ3v) is 5.85. The number of anilines is 2. The minimum absolute atomic E-state index is 0.176. The largest absolute Gasteiger partial charge is 0.489 e. The number of fused-ring (bicyclic) bond motifs is 1. The second-order valence-electron chi connectivity index (χ2n) is 8.14. The average molecular weight is 480 g/mol. The Morgan fingerprint density at radius 3 is 2.65 bits per heavy atom. The zero-order chi connectivity index (χ0) is 24.2. The van der Waals surface area contributed by atoms with Crippen LogP contribution in [0.1, 0.15) is 27.0 Å². The number of rotatable bonds is 8. The van der Waals surface area contributed by atoms with Gasteiger partial charge in [0.1, 0.15) is 12.4 Å². The number of nitrogens with one attached hydrogen (secondary N) is 2. The molecule has 4 rings (SSSR count). The van der Waals surface area contributed by atoms with Crippen molar-refractivity contribution in [1.29, 1.82) is 0 Å². The molecule has 176 valence electrons. The van der Waals surface area contributed by atoms with Crippen LogP contribution in [-0.4, -0.2) is 48.0 Å². The Kier molecular flexibility index (Phi) is 7.04. The van der Waals surface area contributed by atoms with E-state index in [9.17, 15) is 9.18 Å². The lowest BCUT2D eigenvalue weighted by atomic mass is 10.1. The number of hydrogen-bond donors (Lipinski definition) is 4. The van der Waals surface area contributed by atoms with Gasteiger partial charge in [0.2, 0.25) is 0 Å². The quantitative estimate of drug-likeness (QED) is 0.221. The van der Waals surface area contributed by atoms with Gasteiger partial charge in [-0.05, 0) is 43.9 Å². The van der Waals surface area contributed by atoms with Crippen LogP contribution in [0.3, 0.4) is 0 Å². The van der Waals surface area contributed by atoms with Gasteiger partial charge in [-0.1, -0.05) is 24.3 Å². The average Bonchev–Trinajstić information content (AvgIpc) is 3.22. The SMILES string of the molecule is CN(C)CCOc1cc2[nH]c(C(S)c3ccc(C(=O)Nc4ccccc4N)cc3)nc2cc1F. The first-order chi connectivity index (χ1) is 16.3. The molecule has 4 N–H and O–H groups in total. The maximum absolute atomic E-state index is 14.4. The number of H-pyrrole nitrogens is 1. The second kappa shape index (κ2) is 10.1. The summed E-state index contributed by atoms with van der Waals surface area (Å²) >= 11 is 4.69. The van der Waals surface area contributed by atoms with Crippen molar-refractivity contribution in [3.05, 3.63) is 83.4 Å². The fraction of sp³-hybridized carbons (Fsp3) is 0.200. The van der Waals surface area contributed by atoms with Crippen molar-refractivity contribution >= 4 is 40.9 Å². The van der Waals surface area contributed by atoms with Gasteiger partial charge < -0.3 is 25.7 Å². The van der Waals surface area contributed by atoms with Gasteiger partial charge in [-0.15, -0.1) is 0 Å². The number of imidazole rings is 1. The molecule has 7 nitrogen and oxygen atoms in total. The molecule has 4 aromatic rings. The van der Waals surface area contributed by atoms with E-state index in [-0.39, 0.29) is 11.7 Å². The first kappa shape index (κ1) is 23.6. The third-order valence-electron chi connectivity index (χ3n) is 5.31. The molecule has 1 aromatic heterocycles. The van der Waals surface area contributed by atoms with Gasteiger partial charge in [0.05, 0.1) is 27.7 Å². The van der Waals surface area contributed by atoms with Crippen LogP contribution in [0.25, 0.3) is 11.0 Å². The molecule has 0 spiro atoms. The number of nitrogens with two attached hydrogens (primary N) is 1. The van der Waals surface area contributed by atoms with Crippen LogP contribution in [0.5, 0.6) is 5.75 Å². The number of thiol groups is 1. The van der Waals surface area contributed by atoms with E-state index >= 15 is 0 Å². The second-order valence-corrected chi connectivity index (χ2v) is 8.66. The van der Waals surface area contributed by atoms with Crippen molar-refractivity contribution in [3.8, 4) is 5.75 Å². The molecule has 34 heavy (non-hydrogen) atoms. The molecule has 0 saturated carbocycles. The number of carbonyl (C=O) groups excluding carboxylic acids is 1. The number of para-hydroxylation sites is 2.